The van der Waals surface area contributed by atoms with Crippen molar-refractivity contribution in [2.45, 2.75) is 0 Å². The summed E-state index contributed by atoms with van der Waals surface area (Å²) in [5.41, 5.74) is -0.418. The predicted octanol–water partition coefficient (Wildman–Crippen LogP) is 2.05. The van der Waals surface area contributed by atoms with E-state index in [0.717, 1.165) is 0 Å². The molecule has 0 N–H and O–H groups in total. The van der Waals surface area contributed by atoms with Crippen LogP contribution in [0, 0.1) is 34.5 Å². The van der Waals surface area contributed by atoms with Gasteiger partial charge in [0.05, 0.1) is 6.07 Å². The minimum atomic E-state index is -0.418. The molecule has 0 atom stereocenters. The maximum Gasteiger partial charge on any atom is 0.111 e. The van der Waals surface area contributed by atoms with Crippen LogP contribution in [0.25, 0.3) is 0 Å². The third kappa shape index (κ3) is 0.587. The smallest absolute Gasteiger partial charge is 0.111 e. The molecule has 0 heterocycles. The molecule has 1 heteroatoms. The van der Waals surface area contributed by atoms with Gasteiger partial charge in [0.2, 0.25) is 0 Å². The van der Waals surface area contributed by atoms with Gasteiger partial charge in [0, 0.05) is 0 Å². The molecule has 1 fully saturated rings. The Morgan fingerprint density at radius 3 is 1.67 bits per heavy atom. The molecule has 12 heavy (non-hydrogen) atoms. The van der Waals surface area contributed by atoms with Crippen LogP contribution < -0.4 is 0 Å². The number of hydrogen-bond acceptors (Lipinski definition) is 1. The molecule has 0 amide bonds. The molecule has 0 unspecified atom stereocenters. The van der Waals surface area contributed by atoms with Gasteiger partial charge in [-0.05, 0) is 17.8 Å². The summed E-state index contributed by atoms with van der Waals surface area (Å²) in [5.74, 6) is 2.07. The summed E-state index contributed by atoms with van der Waals surface area (Å²) in [5, 5.41) is 9.02. The minimum Gasteiger partial charge on any atom is -0.197 e. The van der Waals surface area contributed by atoms with Gasteiger partial charge in [0.15, 0.2) is 0 Å². The van der Waals surface area contributed by atoms with E-state index >= 15 is 0 Å². The molecule has 0 aromatic heterocycles. The van der Waals surface area contributed by atoms with E-state index in [9.17, 15) is 0 Å². The van der Waals surface area contributed by atoms with Crippen molar-refractivity contribution in [3.63, 3.8) is 0 Å². The van der Waals surface area contributed by atoms with E-state index in [0.29, 0.717) is 17.8 Å². The van der Waals surface area contributed by atoms with Crippen LogP contribution in [0.5, 0.6) is 0 Å². The average Bonchev–Trinajstić information content (AvgIpc) is 2.84. The Morgan fingerprint density at radius 2 is 1.33 bits per heavy atom. The largest absolute Gasteiger partial charge is 0.197 e. The zero-order chi connectivity index (χ0) is 8.18. The summed E-state index contributed by atoms with van der Waals surface area (Å²) in [7, 11) is 0. The Hall–Kier alpha value is -1.29. The SMILES string of the molecule is N#CC12C=CC3C(C=C1)C3C=C2. The lowest BCUT2D eigenvalue weighted by molar-refractivity contribution is 0.842. The first-order chi connectivity index (χ1) is 5.85. The molecule has 0 aromatic rings. The van der Waals surface area contributed by atoms with E-state index < -0.39 is 5.41 Å². The molecule has 0 radical (unpaired) electrons. The van der Waals surface area contributed by atoms with Crippen molar-refractivity contribution in [3.05, 3.63) is 36.5 Å². The van der Waals surface area contributed by atoms with Crippen molar-refractivity contribution in [1.82, 2.24) is 0 Å². The van der Waals surface area contributed by atoms with Gasteiger partial charge < -0.3 is 0 Å². The number of nitriles is 1. The zero-order valence-electron chi connectivity index (χ0n) is 6.64. The van der Waals surface area contributed by atoms with E-state index in [2.05, 4.69) is 24.3 Å². The van der Waals surface area contributed by atoms with Crippen LogP contribution in [-0.2, 0) is 0 Å². The van der Waals surface area contributed by atoms with Crippen LogP contribution in [-0.4, -0.2) is 0 Å². The van der Waals surface area contributed by atoms with Crippen molar-refractivity contribution in [2.24, 2.45) is 23.2 Å². The Labute approximate surface area is 71.7 Å². The normalized spacial score (nSPS) is 51.4. The molecule has 0 saturated heterocycles. The molecule has 58 valence electrons. The molecule has 0 aliphatic heterocycles. The van der Waals surface area contributed by atoms with E-state index in [1.165, 1.54) is 0 Å². The van der Waals surface area contributed by atoms with Crippen LogP contribution in [0.1, 0.15) is 0 Å². The van der Waals surface area contributed by atoms with Gasteiger partial charge in [-0.25, -0.2) is 0 Å². The molecule has 0 aromatic carbocycles. The Kier molecular flexibility index (Phi) is 0.895. The summed E-state index contributed by atoms with van der Waals surface area (Å²) >= 11 is 0. The summed E-state index contributed by atoms with van der Waals surface area (Å²) < 4.78 is 0. The van der Waals surface area contributed by atoms with Crippen LogP contribution in [0.15, 0.2) is 36.5 Å². The van der Waals surface area contributed by atoms with Crippen molar-refractivity contribution in [3.8, 4) is 6.07 Å². The van der Waals surface area contributed by atoms with Crippen LogP contribution in [0.3, 0.4) is 0 Å². The topological polar surface area (TPSA) is 23.8 Å². The maximum atomic E-state index is 9.02. The second-order valence-electron chi connectivity index (χ2n) is 3.85. The predicted molar refractivity (Wildman–Crippen MR) is 45.9 cm³/mol. The second kappa shape index (κ2) is 1.72. The van der Waals surface area contributed by atoms with Gasteiger partial charge in [-0.3, -0.25) is 0 Å². The van der Waals surface area contributed by atoms with Gasteiger partial charge in [-0.1, -0.05) is 36.5 Å². The van der Waals surface area contributed by atoms with Crippen LogP contribution in [0.2, 0.25) is 0 Å². The molecule has 4 rings (SSSR count). The van der Waals surface area contributed by atoms with E-state index in [1.54, 1.807) is 0 Å². The quantitative estimate of drug-likeness (QED) is 0.491. The lowest BCUT2D eigenvalue weighted by Gasteiger charge is -2.10. The van der Waals surface area contributed by atoms with Crippen LogP contribution >= 0.6 is 0 Å². The molecular weight excluding hydrogens is 146 g/mol. The maximum absolute atomic E-state index is 9.02. The molecule has 4 aliphatic rings. The Bertz CT molecular complexity index is 302. The van der Waals surface area contributed by atoms with Gasteiger partial charge in [-0.2, -0.15) is 5.26 Å². The zero-order valence-corrected chi connectivity index (χ0v) is 6.64. The Morgan fingerprint density at radius 1 is 0.917 bits per heavy atom. The lowest BCUT2D eigenvalue weighted by atomic mass is 9.90. The minimum absolute atomic E-state index is 0.418. The highest BCUT2D eigenvalue weighted by atomic mass is 14.5. The first-order valence-electron chi connectivity index (χ1n) is 4.34. The molecule has 4 bridgehead atoms. The monoisotopic (exact) mass is 155 g/mol. The van der Waals surface area contributed by atoms with Crippen molar-refractivity contribution < 1.29 is 0 Å². The summed E-state index contributed by atoms with van der Waals surface area (Å²) in [6, 6.07) is 2.34. The first-order valence-corrected chi connectivity index (χ1v) is 4.34. The van der Waals surface area contributed by atoms with E-state index in [4.69, 9.17) is 5.26 Å². The average molecular weight is 155 g/mol. The van der Waals surface area contributed by atoms with Gasteiger partial charge in [-0.15, -0.1) is 0 Å². The highest BCUT2D eigenvalue weighted by Crippen LogP contribution is 2.54. The number of hydrogen-bond donors (Lipinski definition) is 0. The fourth-order valence-corrected chi connectivity index (χ4v) is 2.24. The third-order valence-electron chi connectivity index (χ3n) is 3.17. The molecule has 1 saturated carbocycles. The van der Waals surface area contributed by atoms with Crippen molar-refractivity contribution >= 4 is 0 Å². The van der Waals surface area contributed by atoms with E-state index in [-0.39, 0.29) is 0 Å². The van der Waals surface area contributed by atoms with Gasteiger partial charge in [0.1, 0.15) is 5.41 Å². The molecule has 4 aliphatic carbocycles. The number of nitrogens with zero attached hydrogens (tertiary/aromatic N) is 1. The standard InChI is InChI=1S/C11H9N/c12-7-11-4-1-8-9(2-5-11)10(8)3-6-11/h1-6,8-10H. The van der Waals surface area contributed by atoms with Gasteiger partial charge >= 0.3 is 0 Å². The molecular formula is C11H9N. The molecule has 0 spiro atoms. The summed E-state index contributed by atoms with van der Waals surface area (Å²) in [4.78, 5) is 0. The number of rotatable bonds is 0. The first kappa shape index (κ1) is 6.25. The highest BCUT2D eigenvalue weighted by Gasteiger charge is 2.48. The van der Waals surface area contributed by atoms with Gasteiger partial charge in [0.25, 0.3) is 0 Å². The summed E-state index contributed by atoms with van der Waals surface area (Å²) in [6.07, 6.45) is 12.7. The Balaban J connectivity index is 2.21. The molecule has 1 nitrogen and oxygen atoms in total. The summed E-state index contributed by atoms with van der Waals surface area (Å²) in [6.45, 7) is 0. The van der Waals surface area contributed by atoms with E-state index in [1.807, 2.05) is 18.2 Å². The number of allylic oxidation sites excluding steroid dienone is 6. The van der Waals surface area contributed by atoms with Crippen molar-refractivity contribution in [2.75, 3.05) is 0 Å². The van der Waals surface area contributed by atoms with Crippen molar-refractivity contribution in [1.29, 1.82) is 5.26 Å². The highest BCUT2D eigenvalue weighted by molar-refractivity contribution is 5.42. The second-order valence-corrected chi connectivity index (χ2v) is 3.85. The third-order valence-corrected chi connectivity index (χ3v) is 3.17. The fraction of sp³-hybridized carbons (Fsp3) is 0.364. The fourth-order valence-electron chi connectivity index (χ4n) is 2.24. The van der Waals surface area contributed by atoms with Crippen LogP contribution in [0.4, 0.5) is 0 Å². The lowest BCUT2D eigenvalue weighted by Crippen LogP contribution is -2.06.